The number of rotatable bonds is 5. The summed E-state index contributed by atoms with van der Waals surface area (Å²) in [5.41, 5.74) is 10.7. The summed E-state index contributed by atoms with van der Waals surface area (Å²) in [6, 6.07) is 3.85. The van der Waals surface area contributed by atoms with Crippen molar-refractivity contribution in [2.45, 2.75) is 19.9 Å². The van der Waals surface area contributed by atoms with Gasteiger partial charge < -0.3 is 21.1 Å². The number of ether oxygens (including phenoxy) is 1. The first-order valence-electron chi connectivity index (χ1n) is 6.59. The molecule has 120 valence electrons. The molecule has 1 aromatic carbocycles. The molecule has 22 heavy (non-hydrogen) atoms. The molecule has 0 aliphatic heterocycles. The van der Waals surface area contributed by atoms with Gasteiger partial charge in [0.15, 0.2) is 5.96 Å². The fourth-order valence-electron chi connectivity index (χ4n) is 1.94. The maximum absolute atomic E-state index is 12.6. The first-order chi connectivity index (χ1) is 10.3. The number of carbonyl (C=O) groups excluding carboxylic acids is 2. The number of likely N-dealkylation sites (N-methyl/N-ethyl adjacent to an activating group) is 1. The number of benzene rings is 1. The second kappa shape index (κ2) is 7.65. The van der Waals surface area contributed by atoms with Crippen molar-refractivity contribution in [1.82, 2.24) is 4.90 Å². The highest BCUT2D eigenvalue weighted by Gasteiger charge is 2.27. The van der Waals surface area contributed by atoms with Gasteiger partial charge >= 0.3 is 0 Å². The molecule has 1 aromatic rings. The molecule has 1 unspecified atom stereocenters. The smallest absolute Gasteiger partial charge is 0.271 e. The van der Waals surface area contributed by atoms with E-state index in [2.05, 4.69) is 4.99 Å². The Kier molecular flexibility index (Phi) is 6.18. The number of hydrogen-bond acceptors (Lipinski definition) is 3. The number of amides is 2. The summed E-state index contributed by atoms with van der Waals surface area (Å²) < 4.78 is 5.16. The molecule has 8 heteroatoms. The highest BCUT2D eigenvalue weighted by Crippen LogP contribution is 2.25. The van der Waals surface area contributed by atoms with Crippen LogP contribution < -0.4 is 16.2 Å². The molecule has 0 aliphatic rings. The Hall–Kier alpha value is -2.28. The van der Waals surface area contributed by atoms with Crippen LogP contribution in [0.1, 0.15) is 24.2 Å². The van der Waals surface area contributed by atoms with Gasteiger partial charge in [-0.05, 0) is 32.0 Å². The number of guanidine groups is 1. The number of aliphatic imine (C=N–C) groups is 1. The Morgan fingerprint density at radius 1 is 1.41 bits per heavy atom. The van der Waals surface area contributed by atoms with Crippen molar-refractivity contribution in [2.24, 2.45) is 16.5 Å². The fraction of sp³-hybridized carbons (Fsp3) is 0.357. The summed E-state index contributed by atoms with van der Waals surface area (Å²) in [7, 11) is 1.44. The molecule has 0 fully saturated rings. The van der Waals surface area contributed by atoms with Crippen LogP contribution in [0.15, 0.2) is 23.2 Å². The third kappa shape index (κ3) is 4.11. The molecule has 0 saturated heterocycles. The topological polar surface area (TPSA) is 111 Å². The van der Waals surface area contributed by atoms with Crippen molar-refractivity contribution in [3.8, 4) is 5.75 Å². The molecule has 0 saturated carbocycles. The van der Waals surface area contributed by atoms with Gasteiger partial charge in [-0.1, -0.05) is 11.6 Å². The number of halogens is 1. The first kappa shape index (κ1) is 17.8. The lowest BCUT2D eigenvalue weighted by atomic mass is 10.1. The van der Waals surface area contributed by atoms with Gasteiger partial charge in [0.25, 0.3) is 11.8 Å². The summed E-state index contributed by atoms with van der Waals surface area (Å²) in [6.07, 6.45) is 0. The molecule has 0 aliphatic carbocycles. The van der Waals surface area contributed by atoms with Gasteiger partial charge in [-0.25, -0.2) is 0 Å². The van der Waals surface area contributed by atoms with Crippen molar-refractivity contribution in [2.75, 3.05) is 13.7 Å². The van der Waals surface area contributed by atoms with Crippen LogP contribution in [0.2, 0.25) is 5.02 Å². The molecule has 0 aromatic heterocycles. The number of carbonyl (C=O) groups is 2. The summed E-state index contributed by atoms with van der Waals surface area (Å²) in [5, 5.41) is 0.445. The highest BCUT2D eigenvalue weighted by molar-refractivity contribution is 6.30. The van der Waals surface area contributed by atoms with E-state index < -0.39 is 11.9 Å². The van der Waals surface area contributed by atoms with Crippen molar-refractivity contribution < 1.29 is 14.3 Å². The van der Waals surface area contributed by atoms with Crippen molar-refractivity contribution in [3.05, 3.63) is 28.8 Å². The lowest BCUT2D eigenvalue weighted by Gasteiger charge is -2.26. The van der Waals surface area contributed by atoms with Gasteiger partial charge in [-0.2, -0.15) is 4.99 Å². The Morgan fingerprint density at radius 3 is 2.55 bits per heavy atom. The number of nitrogens with two attached hydrogens (primary N) is 2. The van der Waals surface area contributed by atoms with Gasteiger partial charge in [0.2, 0.25) is 0 Å². The van der Waals surface area contributed by atoms with Crippen molar-refractivity contribution in [1.29, 1.82) is 0 Å². The van der Waals surface area contributed by atoms with Crippen LogP contribution in [-0.2, 0) is 4.79 Å². The SMILES string of the molecule is CCN(C(=O)c1ccc(Cl)cc1OC)C(C)C(=O)N=C(N)N. The van der Waals surface area contributed by atoms with E-state index in [9.17, 15) is 9.59 Å². The van der Waals surface area contributed by atoms with Gasteiger partial charge in [-0.3, -0.25) is 9.59 Å². The number of methoxy groups -OCH3 is 1. The second-order valence-electron chi connectivity index (χ2n) is 4.49. The molecule has 0 heterocycles. The molecule has 4 N–H and O–H groups in total. The normalized spacial score (nSPS) is 11.5. The molecule has 0 radical (unpaired) electrons. The maximum atomic E-state index is 12.6. The van der Waals surface area contributed by atoms with E-state index in [0.717, 1.165) is 0 Å². The van der Waals surface area contributed by atoms with E-state index in [1.165, 1.54) is 18.1 Å². The van der Waals surface area contributed by atoms with E-state index >= 15 is 0 Å². The van der Waals surface area contributed by atoms with Crippen LogP contribution in [-0.4, -0.2) is 42.4 Å². The van der Waals surface area contributed by atoms with Crippen LogP contribution in [0.3, 0.4) is 0 Å². The zero-order valence-corrected chi connectivity index (χ0v) is 13.4. The summed E-state index contributed by atoms with van der Waals surface area (Å²) in [4.78, 5) is 29.4. The quantitative estimate of drug-likeness (QED) is 0.619. The lowest BCUT2D eigenvalue weighted by Crippen LogP contribution is -2.43. The van der Waals surface area contributed by atoms with E-state index in [1.807, 2.05) is 0 Å². The first-order valence-corrected chi connectivity index (χ1v) is 6.97. The van der Waals surface area contributed by atoms with E-state index in [-0.39, 0.29) is 11.9 Å². The van der Waals surface area contributed by atoms with Crippen LogP contribution in [0, 0.1) is 0 Å². The largest absolute Gasteiger partial charge is 0.496 e. The second-order valence-corrected chi connectivity index (χ2v) is 4.92. The molecular weight excluding hydrogens is 308 g/mol. The zero-order chi connectivity index (χ0) is 16.9. The van der Waals surface area contributed by atoms with Gasteiger partial charge in [0.1, 0.15) is 11.8 Å². The third-order valence-corrected chi connectivity index (χ3v) is 3.29. The molecule has 1 rings (SSSR count). The highest BCUT2D eigenvalue weighted by atomic mass is 35.5. The molecule has 0 bridgehead atoms. The number of hydrogen-bond donors (Lipinski definition) is 2. The molecule has 1 atom stereocenters. The summed E-state index contributed by atoms with van der Waals surface area (Å²) >= 11 is 5.88. The average Bonchev–Trinajstić information content (AvgIpc) is 2.46. The molecule has 7 nitrogen and oxygen atoms in total. The minimum Gasteiger partial charge on any atom is -0.496 e. The van der Waals surface area contributed by atoms with E-state index in [1.54, 1.807) is 26.0 Å². The van der Waals surface area contributed by atoms with Gasteiger partial charge in [0.05, 0.1) is 12.7 Å². The summed E-state index contributed by atoms with van der Waals surface area (Å²) in [5.74, 6) is -0.979. The monoisotopic (exact) mass is 326 g/mol. The van der Waals surface area contributed by atoms with Crippen molar-refractivity contribution in [3.63, 3.8) is 0 Å². The third-order valence-electron chi connectivity index (χ3n) is 3.06. The molecule has 0 spiro atoms. The Morgan fingerprint density at radius 2 is 2.05 bits per heavy atom. The lowest BCUT2D eigenvalue weighted by molar-refractivity contribution is -0.121. The van der Waals surface area contributed by atoms with Gasteiger partial charge in [-0.15, -0.1) is 0 Å². The van der Waals surface area contributed by atoms with Crippen LogP contribution in [0.4, 0.5) is 0 Å². The molecular formula is C14H19ClN4O3. The average molecular weight is 327 g/mol. The minimum absolute atomic E-state index is 0.303. The van der Waals surface area contributed by atoms with Gasteiger partial charge in [0, 0.05) is 11.6 Å². The zero-order valence-electron chi connectivity index (χ0n) is 12.7. The van der Waals surface area contributed by atoms with Crippen LogP contribution in [0.25, 0.3) is 0 Å². The van der Waals surface area contributed by atoms with E-state index in [4.69, 9.17) is 27.8 Å². The molecule has 2 amide bonds. The van der Waals surface area contributed by atoms with E-state index in [0.29, 0.717) is 22.9 Å². The van der Waals surface area contributed by atoms with Crippen LogP contribution >= 0.6 is 11.6 Å². The fourth-order valence-corrected chi connectivity index (χ4v) is 2.11. The Labute approximate surface area is 133 Å². The predicted octanol–water partition coefficient (Wildman–Crippen LogP) is 0.999. The van der Waals surface area contributed by atoms with Crippen molar-refractivity contribution >= 4 is 29.4 Å². The minimum atomic E-state index is -0.806. The maximum Gasteiger partial charge on any atom is 0.271 e. The standard InChI is InChI=1S/C14H19ClN4O3/c1-4-19(8(2)12(20)18-14(16)17)13(21)10-6-5-9(15)7-11(10)22-3/h5-8H,4H2,1-3H3,(H4,16,17,18,20). The Bertz CT molecular complexity index is 600. The van der Waals surface area contributed by atoms with Crippen LogP contribution in [0.5, 0.6) is 5.75 Å². The Balaban J connectivity index is 3.12. The number of nitrogens with zero attached hydrogens (tertiary/aromatic N) is 2. The summed E-state index contributed by atoms with van der Waals surface area (Å²) in [6.45, 7) is 3.61. The predicted molar refractivity (Wildman–Crippen MR) is 85.0 cm³/mol.